The molecule has 1 aliphatic rings. The lowest BCUT2D eigenvalue weighted by atomic mass is 10.2. The zero-order valence-electron chi connectivity index (χ0n) is 11.7. The number of carbonyl (C=O) groups excluding carboxylic acids is 1. The van der Waals surface area contributed by atoms with E-state index in [9.17, 15) is 9.59 Å². The second-order valence-corrected chi connectivity index (χ2v) is 4.76. The number of aromatic amines is 1. The summed E-state index contributed by atoms with van der Waals surface area (Å²) < 4.78 is 5.16. The van der Waals surface area contributed by atoms with Crippen molar-refractivity contribution in [3.8, 4) is 0 Å². The third-order valence-corrected chi connectivity index (χ3v) is 3.42. The van der Waals surface area contributed by atoms with E-state index in [1.54, 1.807) is 31.4 Å². The molecule has 1 N–H and O–H groups in total. The minimum atomic E-state index is -0.299. The number of hydrogen-bond acceptors (Lipinski definition) is 5. The monoisotopic (exact) mass is 286 g/mol. The molecule has 2 heterocycles. The number of para-hydroxylation sites is 1. The Morgan fingerprint density at radius 2 is 2.10 bits per heavy atom. The molecule has 0 radical (unpaired) electrons. The quantitative estimate of drug-likeness (QED) is 0.913. The molecule has 1 unspecified atom stereocenters. The smallest absolute Gasteiger partial charge is 0.260 e. The van der Waals surface area contributed by atoms with Gasteiger partial charge in [0.05, 0.1) is 29.1 Å². The lowest BCUT2D eigenvalue weighted by Gasteiger charge is -2.10. The molecule has 21 heavy (non-hydrogen) atoms. The Labute approximate surface area is 120 Å². The maximum Gasteiger partial charge on any atom is 0.260 e. The van der Waals surface area contributed by atoms with Crippen LogP contribution in [0, 0.1) is 0 Å². The number of hydrogen-bond donors (Lipinski definition) is 1. The van der Waals surface area contributed by atoms with Crippen LogP contribution in [0.2, 0.25) is 0 Å². The fraction of sp³-hybridized carbons (Fsp3) is 0.286. The van der Waals surface area contributed by atoms with Gasteiger partial charge in [0.2, 0.25) is 5.95 Å². The van der Waals surface area contributed by atoms with E-state index < -0.39 is 0 Å². The summed E-state index contributed by atoms with van der Waals surface area (Å²) in [4.78, 5) is 31.0. The van der Waals surface area contributed by atoms with Gasteiger partial charge in [0.15, 0.2) is 0 Å². The molecule has 0 fully saturated rings. The van der Waals surface area contributed by atoms with Crippen molar-refractivity contribution >= 4 is 28.5 Å². The molecule has 1 aliphatic heterocycles. The highest BCUT2D eigenvalue weighted by molar-refractivity contribution is 6.13. The molecule has 0 aliphatic carbocycles. The van der Waals surface area contributed by atoms with Crippen LogP contribution in [0.25, 0.3) is 10.9 Å². The van der Waals surface area contributed by atoms with Crippen molar-refractivity contribution in [1.82, 2.24) is 9.97 Å². The number of hydrazone groups is 1. The van der Waals surface area contributed by atoms with Crippen LogP contribution in [0.3, 0.4) is 0 Å². The van der Waals surface area contributed by atoms with Crippen molar-refractivity contribution in [3.63, 3.8) is 0 Å². The number of methoxy groups -OCH3 is 1. The van der Waals surface area contributed by atoms with E-state index in [0.29, 0.717) is 16.6 Å². The molecule has 7 nitrogen and oxygen atoms in total. The molecule has 3 rings (SSSR count). The Kier molecular flexibility index (Phi) is 3.26. The van der Waals surface area contributed by atoms with Gasteiger partial charge in [-0.25, -0.2) is 4.98 Å². The zero-order valence-corrected chi connectivity index (χ0v) is 11.7. The first-order valence-electron chi connectivity index (χ1n) is 6.52. The summed E-state index contributed by atoms with van der Waals surface area (Å²) in [6, 6.07) is 6.94. The van der Waals surface area contributed by atoms with Crippen molar-refractivity contribution in [2.75, 3.05) is 12.1 Å². The predicted molar refractivity (Wildman–Crippen MR) is 78.4 cm³/mol. The number of amides is 1. The van der Waals surface area contributed by atoms with Gasteiger partial charge in [-0.3, -0.25) is 14.6 Å². The van der Waals surface area contributed by atoms with Crippen LogP contribution in [0.1, 0.15) is 13.3 Å². The van der Waals surface area contributed by atoms with E-state index >= 15 is 0 Å². The fourth-order valence-electron chi connectivity index (χ4n) is 2.15. The van der Waals surface area contributed by atoms with Crippen molar-refractivity contribution in [2.45, 2.75) is 19.4 Å². The lowest BCUT2D eigenvalue weighted by Crippen LogP contribution is -2.25. The third-order valence-electron chi connectivity index (χ3n) is 3.42. The molecule has 2 aromatic rings. The summed E-state index contributed by atoms with van der Waals surface area (Å²) in [5.74, 6) is -0.116. The highest BCUT2D eigenvalue weighted by atomic mass is 16.5. The van der Waals surface area contributed by atoms with Gasteiger partial charge in [0.1, 0.15) is 0 Å². The van der Waals surface area contributed by atoms with Crippen molar-refractivity contribution < 1.29 is 9.53 Å². The highest BCUT2D eigenvalue weighted by Crippen LogP contribution is 2.19. The molecule has 1 amide bonds. The van der Waals surface area contributed by atoms with Crippen LogP contribution < -0.4 is 10.6 Å². The average molecular weight is 286 g/mol. The molecule has 7 heteroatoms. The second-order valence-electron chi connectivity index (χ2n) is 4.76. The maximum atomic E-state index is 12.0. The number of ether oxygens (including phenoxy) is 1. The summed E-state index contributed by atoms with van der Waals surface area (Å²) in [5.41, 5.74) is 0.831. The molecule has 0 bridgehead atoms. The number of anilines is 1. The van der Waals surface area contributed by atoms with Gasteiger partial charge in [0.25, 0.3) is 11.5 Å². The van der Waals surface area contributed by atoms with Gasteiger partial charge >= 0.3 is 0 Å². The first kappa shape index (κ1) is 13.4. The second kappa shape index (κ2) is 5.10. The van der Waals surface area contributed by atoms with Crippen LogP contribution in [0.4, 0.5) is 5.95 Å². The fourth-order valence-corrected chi connectivity index (χ4v) is 2.15. The van der Waals surface area contributed by atoms with Crippen LogP contribution >= 0.6 is 0 Å². The number of rotatable bonds is 3. The van der Waals surface area contributed by atoms with E-state index in [0.717, 1.165) is 5.01 Å². The van der Waals surface area contributed by atoms with Crippen molar-refractivity contribution in [2.24, 2.45) is 5.10 Å². The Balaban J connectivity index is 2.06. The number of aromatic nitrogens is 2. The molecule has 1 aromatic carbocycles. The first-order chi connectivity index (χ1) is 10.1. The van der Waals surface area contributed by atoms with Gasteiger partial charge in [-0.1, -0.05) is 12.1 Å². The lowest BCUT2D eigenvalue weighted by molar-refractivity contribution is -0.117. The summed E-state index contributed by atoms with van der Waals surface area (Å²) in [5, 5.41) is 5.80. The SMILES string of the molecule is COC(C)C1=NN(c2nc3ccccc3c(=O)[nH]2)C(=O)C1. The van der Waals surface area contributed by atoms with Gasteiger partial charge < -0.3 is 4.74 Å². The standard InChI is InChI=1S/C14H14N4O3/c1-8(21-2)11-7-12(19)18(17-11)14-15-10-6-4-3-5-9(10)13(20)16-14/h3-6,8H,7H2,1-2H3,(H,15,16,20). The molecule has 108 valence electrons. The Bertz CT molecular complexity index is 796. The van der Waals surface area contributed by atoms with Crippen LogP contribution in [0.5, 0.6) is 0 Å². The molecule has 1 atom stereocenters. The Morgan fingerprint density at radius 1 is 1.33 bits per heavy atom. The van der Waals surface area contributed by atoms with E-state index in [-0.39, 0.29) is 29.9 Å². The van der Waals surface area contributed by atoms with Gasteiger partial charge in [-0.05, 0) is 19.1 Å². The topological polar surface area (TPSA) is 87.7 Å². The number of nitrogens with zero attached hydrogens (tertiary/aromatic N) is 3. The van der Waals surface area contributed by atoms with Crippen LogP contribution in [0.15, 0.2) is 34.2 Å². The molecular formula is C14H14N4O3. The predicted octanol–water partition coefficient (Wildman–Crippen LogP) is 1.05. The zero-order chi connectivity index (χ0) is 15.0. The number of H-pyrrole nitrogens is 1. The normalized spacial score (nSPS) is 16.4. The number of fused-ring (bicyclic) bond motifs is 1. The Hall–Kier alpha value is -2.54. The average Bonchev–Trinajstić information content (AvgIpc) is 2.88. The van der Waals surface area contributed by atoms with E-state index in [1.165, 1.54) is 0 Å². The number of carbonyl (C=O) groups is 1. The number of nitrogens with one attached hydrogen (secondary N) is 1. The molecular weight excluding hydrogens is 272 g/mol. The molecule has 0 spiro atoms. The number of benzene rings is 1. The highest BCUT2D eigenvalue weighted by Gasteiger charge is 2.30. The van der Waals surface area contributed by atoms with Gasteiger partial charge in [0, 0.05) is 7.11 Å². The van der Waals surface area contributed by atoms with Gasteiger partial charge in [-0.2, -0.15) is 10.1 Å². The minimum absolute atomic E-state index is 0.127. The molecule has 1 aromatic heterocycles. The first-order valence-corrected chi connectivity index (χ1v) is 6.52. The molecule has 0 saturated heterocycles. The summed E-state index contributed by atoms with van der Waals surface area (Å²) in [6.07, 6.45) is -0.0999. The van der Waals surface area contributed by atoms with E-state index in [1.807, 2.05) is 6.92 Å². The van der Waals surface area contributed by atoms with Crippen LogP contribution in [-0.4, -0.2) is 34.8 Å². The van der Waals surface area contributed by atoms with Crippen molar-refractivity contribution in [1.29, 1.82) is 0 Å². The van der Waals surface area contributed by atoms with Crippen molar-refractivity contribution in [3.05, 3.63) is 34.6 Å². The summed E-state index contributed by atoms with van der Waals surface area (Å²) in [7, 11) is 1.55. The summed E-state index contributed by atoms with van der Waals surface area (Å²) in [6.45, 7) is 1.81. The molecule has 0 saturated carbocycles. The maximum absolute atomic E-state index is 12.0. The van der Waals surface area contributed by atoms with Gasteiger partial charge in [-0.15, -0.1) is 0 Å². The van der Waals surface area contributed by atoms with E-state index in [2.05, 4.69) is 15.1 Å². The largest absolute Gasteiger partial charge is 0.376 e. The van der Waals surface area contributed by atoms with E-state index in [4.69, 9.17) is 4.74 Å². The third kappa shape index (κ3) is 2.31. The summed E-state index contributed by atoms with van der Waals surface area (Å²) >= 11 is 0. The van der Waals surface area contributed by atoms with Crippen LogP contribution in [-0.2, 0) is 9.53 Å². The minimum Gasteiger partial charge on any atom is -0.376 e. The Morgan fingerprint density at radius 3 is 2.86 bits per heavy atom.